The van der Waals surface area contributed by atoms with Gasteiger partial charge in [-0.25, -0.2) is 0 Å². The molecule has 2 radical (unpaired) electrons. The van der Waals surface area contributed by atoms with Crippen molar-refractivity contribution in [1.82, 2.24) is 5.32 Å². The summed E-state index contributed by atoms with van der Waals surface area (Å²) in [5.74, 6) is 2.89. The first-order chi connectivity index (χ1) is 4.95. The SMILES string of the molecule is C[C-](C)C(C)NC(C)[C-](C)C.[Y].[Y]. The van der Waals surface area contributed by atoms with Crippen LogP contribution in [0.5, 0.6) is 0 Å². The third-order valence-electron chi connectivity index (χ3n) is 2.23. The van der Waals surface area contributed by atoms with Crippen molar-refractivity contribution in [2.75, 3.05) is 0 Å². The Kier molecular flexibility index (Phi) is 16.9. The van der Waals surface area contributed by atoms with Crippen LogP contribution >= 0.6 is 0 Å². The Morgan fingerprint density at radius 3 is 1.15 bits per heavy atom. The summed E-state index contributed by atoms with van der Waals surface area (Å²) in [6.07, 6.45) is 0. The molecule has 0 saturated carbocycles. The zero-order valence-corrected chi connectivity index (χ0v) is 15.5. The maximum atomic E-state index is 3.50. The van der Waals surface area contributed by atoms with E-state index in [0.717, 1.165) is 0 Å². The van der Waals surface area contributed by atoms with Crippen molar-refractivity contribution >= 4 is 0 Å². The zero-order valence-electron chi connectivity index (χ0n) is 9.81. The summed E-state index contributed by atoms with van der Waals surface area (Å²) in [4.78, 5) is 0. The third-order valence-corrected chi connectivity index (χ3v) is 2.23. The van der Waals surface area contributed by atoms with Crippen LogP contribution in [0.1, 0.15) is 41.5 Å². The Bertz CT molecular complexity index is 93.1. The predicted octanol–water partition coefficient (Wildman–Crippen LogP) is 2.58. The van der Waals surface area contributed by atoms with E-state index < -0.39 is 0 Å². The minimum absolute atomic E-state index is 0. The van der Waals surface area contributed by atoms with Crippen LogP contribution in [-0.4, -0.2) is 12.1 Å². The van der Waals surface area contributed by atoms with Gasteiger partial charge in [0, 0.05) is 65.4 Å². The van der Waals surface area contributed by atoms with E-state index in [1.807, 2.05) is 0 Å². The summed E-state index contributed by atoms with van der Waals surface area (Å²) in [6, 6.07) is 1.06. The Balaban J connectivity index is -0.000000500. The van der Waals surface area contributed by atoms with Crippen molar-refractivity contribution in [3.05, 3.63) is 11.8 Å². The van der Waals surface area contributed by atoms with Crippen LogP contribution in [0.15, 0.2) is 0 Å². The van der Waals surface area contributed by atoms with Gasteiger partial charge in [-0.2, -0.15) is 27.7 Å². The average Bonchev–Trinajstić information content (AvgIpc) is 1.87. The Labute approximate surface area is 134 Å². The van der Waals surface area contributed by atoms with E-state index in [4.69, 9.17) is 0 Å². The Morgan fingerprint density at radius 2 is 1.00 bits per heavy atom. The van der Waals surface area contributed by atoms with Gasteiger partial charge in [0.1, 0.15) is 0 Å². The summed E-state index contributed by atoms with van der Waals surface area (Å²) in [7, 11) is 0. The molecule has 13 heavy (non-hydrogen) atoms. The second kappa shape index (κ2) is 10.7. The number of rotatable bonds is 4. The van der Waals surface area contributed by atoms with Gasteiger partial charge in [-0.15, -0.1) is 12.1 Å². The van der Waals surface area contributed by atoms with Gasteiger partial charge in [0.25, 0.3) is 0 Å². The van der Waals surface area contributed by atoms with E-state index in [2.05, 4.69) is 46.9 Å². The van der Waals surface area contributed by atoms with Crippen molar-refractivity contribution in [2.24, 2.45) is 0 Å². The molecule has 0 spiro atoms. The number of hydrogen-bond donors (Lipinski definition) is 1. The van der Waals surface area contributed by atoms with Gasteiger partial charge in [0.2, 0.25) is 0 Å². The van der Waals surface area contributed by atoms with Crippen molar-refractivity contribution in [1.29, 1.82) is 0 Å². The number of hydrogen-bond acceptors (Lipinski definition) is 1. The molecule has 0 amide bonds. The standard InChI is InChI=1S/C10H21N.2Y/c1-7(2)9(5)11-10(6)8(3)4;;/h9-11H,1-6H3;;/q-2;;. The molecule has 0 aliphatic carbocycles. The molecule has 1 N–H and O–H groups in total. The maximum absolute atomic E-state index is 3.50. The molecule has 0 aromatic rings. The van der Waals surface area contributed by atoms with Crippen LogP contribution in [0.2, 0.25) is 0 Å². The smallest absolute Gasteiger partial charge is 0 e. The van der Waals surface area contributed by atoms with E-state index in [9.17, 15) is 0 Å². The molecule has 0 aliphatic rings. The monoisotopic (exact) mass is 333 g/mol. The van der Waals surface area contributed by atoms with Crippen LogP contribution in [-0.2, 0) is 65.4 Å². The summed E-state index contributed by atoms with van der Waals surface area (Å²) < 4.78 is 0. The summed E-state index contributed by atoms with van der Waals surface area (Å²) in [5.41, 5.74) is 0. The molecule has 0 heterocycles. The van der Waals surface area contributed by atoms with E-state index in [1.54, 1.807) is 0 Å². The molecule has 2 atom stereocenters. The van der Waals surface area contributed by atoms with Crippen LogP contribution in [0.3, 0.4) is 0 Å². The van der Waals surface area contributed by atoms with E-state index in [-0.39, 0.29) is 65.4 Å². The van der Waals surface area contributed by atoms with E-state index in [1.165, 1.54) is 11.8 Å². The van der Waals surface area contributed by atoms with Crippen molar-refractivity contribution in [3.63, 3.8) is 0 Å². The Hall–Kier alpha value is 2.17. The quantitative estimate of drug-likeness (QED) is 0.780. The second-order valence-electron chi connectivity index (χ2n) is 3.76. The molecule has 0 fully saturated rings. The minimum atomic E-state index is 0. The van der Waals surface area contributed by atoms with Gasteiger partial charge in [-0.1, -0.05) is 13.8 Å². The van der Waals surface area contributed by atoms with Gasteiger partial charge >= 0.3 is 0 Å². The molecule has 0 bridgehead atoms. The maximum Gasteiger partial charge on any atom is 0 e. The fraction of sp³-hybridized carbons (Fsp3) is 0.800. The molecule has 0 aromatic heterocycles. The largest absolute Gasteiger partial charge is 0.370 e. The van der Waals surface area contributed by atoms with Crippen molar-refractivity contribution < 1.29 is 65.4 Å². The molecule has 3 heteroatoms. The summed E-state index contributed by atoms with van der Waals surface area (Å²) >= 11 is 0. The molecule has 1 nitrogen and oxygen atoms in total. The van der Waals surface area contributed by atoms with Crippen LogP contribution in [0, 0.1) is 11.8 Å². The zero-order chi connectivity index (χ0) is 9.02. The molecule has 0 aliphatic heterocycles. The van der Waals surface area contributed by atoms with Crippen LogP contribution in [0.4, 0.5) is 0 Å². The fourth-order valence-corrected chi connectivity index (χ4v) is 0.708. The van der Waals surface area contributed by atoms with Crippen molar-refractivity contribution in [3.8, 4) is 0 Å². The fourth-order valence-electron chi connectivity index (χ4n) is 0.708. The molecular formula is C10H21NY2-2. The molecular weight excluding hydrogens is 312 g/mol. The topological polar surface area (TPSA) is 12.0 Å². The van der Waals surface area contributed by atoms with Gasteiger partial charge in [-0.05, 0) is 0 Å². The Morgan fingerprint density at radius 1 is 0.769 bits per heavy atom. The normalized spacial score (nSPS) is 14.8. The third kappa shape index (κ3) is 10.5. The summed E-state index contributed by atoms with van der Waals surface area (Å²) in [6.45, 7) is 13.1. The first-order valence-corrected chi connectivity index (χ1v) is 4.31. The number of nitrogens with one attached hydrogen (secondary N) is 1. The average molecular weight is 333 g/mol. The summed E-state index contributed by atoms with van der Waals surface area (Å²) in [5, 5.41) is 3.50. The van der Waals surface area contributed by atoms with Crippen LogP contribution in [0.25, 0.3) is 0 Å². The van der Waals surface area contributed by atoms with Gasteiger partial charge in [0.05, 0.1) is 0 Å². The first-order valence-electron chi connectivity index (χ1n) is 4.31. The molecule has 0 rings (SSSR count). The molecule has 2 unspecified atom stereocenters. The second-order valence-corrected chi connectivity index (χ2v) is 3.76. The van der Waals surface area contributed by atoms with Gasteiger partial charge in [-0.3, -0.25) is 0 Å². The molecule has 0 saturated heterocycles. The molecule has 0 aromatic carbocycles. The van der Waals surface area contributed by atoms with Crippen LogP contribution < -0.4 is 5.32 Å². The van der Waals surface area contributed by atoms with E-state index >= 15 is 0 Å². The van der Waals surface area contributed by atoms with Gasteiger partial charge in [0.15, 0.2) is 0 Å². The molecule has 74 valence electrons. The minimum Gasteiger partial charge on any atom is -0.370 e. The van der Waals surface area contributed by atoms with E-state index in [0.29, 0.717) is 12.1 Å². The van der Waals surface area contributed by atoms with Crippen molar-refractivity contribution in [2.45, 2.75) is 53.6 Å². The predicted molar refractivity (Wildman–Crippen MR) is 51.2 cm³/mol. The first kappa shape index (κ1) is 20.6. The van der Waals surface area contributed by atoms with Gasteiger partial charge < -0.3 is 17.2 Å².